The Morgan fingerprint density at radius 1 is 1.29 bits per heavy atom. The van der Waals surface area contributed by atoms with E-state index in [4.69, 9.17) is 5.73 Å². The molecule has 1 unspecified atom stereocenters. The molecular weight excluding hydrogens is 210 g/mol. The monoisotopic (exact) mass is 229 g/mol. The summed E-state index contributed by atoms with van der Waals surface area (Å²) in [6, 6.07) is 7.05. The van der Waals surface area contributed by atoms with Crippen molar-refractivity contribution in [3.8, 4) is 5.75 Å². The van der Waals surface area contributed by atoms with E-state index in [1.807, 2.05) is 12.1 Å². The molecule has 0 spiro atoms. The summed E-state index contributed by atoms with van der Waals surface area (Å²) in [4.78, 5) is 0. The first-order valence-electron chi connectivity index (χ1n) is 5.53. The van der Waals surface area contributed by atoms with E-state index in [2.05, 4.69) is 19.7 Å². The van der Waals surface area contributed by atoms with Crippen LogP contribution in [-0.4, -0.2) is 5.11 Å². The topological polar surface area (TPSA) is 46.2 Å². The minimum Gasteiger partial charge on any atom is -0.508 e. The highest BCUT2D eigenvalue weighted by atomic mass is 16.3. The molecule has 0 saturated heterocycles. The van der Waals surface area contributed by atoms with Gasteiger partial charge in [0.15, 0.2) is 0 Å². The quantitative estimate of drug-likeness (QED) is 0.735. The van der Waals surface area contributed by atoms with Gasteiger partial charge in [0.25, 0.3) is 0 Å². The van der Waals surface area contributed by atoms with Crippen molar-refractivity contribution in [2.24, 2.45) is 5.73 Å². The van der Waals surface area contributed by atoms with Gasteiger partial charge in [0.05, 0.1) is 5.54 Å². The number of allylic oxidation sites excluding steroid dienone is 1. The molecule has 0 radical (unpaired) electrons. The van der Waals surface area contributed by atoms with Crippen LogP contribution in [0.15, 0.2) is 61.7 Å². The molecule has 0 fully saturated rings. The Kier molecular flexibility index (Phi) is 4.30. The van der Waals surface area contributed by atoms with Crippen molar-refractivity contribution in [1.29, 1.82) is 0 Å². The van der Waals surface area contributed by atoms with E-state index in [9.17, 15) is 5.11 Å². The molecule has 3 N–H and O–H groups in total. The van der Waals surface area contributed by atoms with Crippen LogP contribution in [0.4, 0.5) is 0 Å². The summed E-state index contributed by atoms with van der Waals surface area (Å²) in [6.45, 7) is 11.4. The number of rotatable bonds is 6. The fraction of sp³-hybridized carbons (Fsp3) is 0.200. The van der Waals surface area contributed by atoms with Crippen LogP contribution < -0.4 is 5.73 Å². The average molecular weight is 229 g/mol. The average Bonchev–Trinajstić information content (AvgIpc) is 2.30. The van der Waals surface area contributed by atoms with Gasteiger partial charge in [-0.3, -0.25) is 0 Å². The predicted octanol–water partition coefficient (Wildman–Crippen LogP) is 3.25. The third-order valence-corrected chi connectivity index (χ3v) is 2.87. The van der Waals surface area contributed by atoms with E-state index in [0.29, 0.717) is 18.4 Å². The normalized spacial score (nSPS) is 13.7. The molecule has 1 aromatic rings. The lowest BCUT2D eigenvalue weighted by Gasteiger charge is -2.31. The van der Waals surface area contributed by atoms with Gasteiger partial charge in [-0.05, 0) is 24.5 Å². The molecule has 1 atom stereocenters. The number of para-hydroxylation sites is 1. The molecule has 2 heteroatoms. The highest BCUT2D eigenvalue weighted by molar-refractivity contribution is 5.44. The summed E-state index contributed by atoms with van der Waals surface area (Å²) in [5.74, 6) is 0.182. The molecule has 0 aromatic heterocycles. The minimum absolute atomic E-state index is 0.182. The van der Waals surface area contributed by atoms with Gasteiger partial charge in [0.1, 0.15) is 5.75 Å². The van der Waals surface area contributed by atoms with Gasteiger partial charge >= 0.3 is 0 Å². The molecular formula is C15H19NO. The predicted molar refractivity (Wildman–Crippen MR) is 72.7 cm³/mol. The second-order valence-corrected chi connectivity index (χ2v) is 4.08. The van der Waals surface area contributed by atoms with Crippen LogP contribution in [-0.2, 0) is 5.54 Å². The molecule has 1 aromatic carbocycles. The summed E-state index contributed by atoms with van der Waals surface area (Å²) >= 11 is 0. The Bertz CT molecular complexity index is 436. The number of phenols is 1. The zero-order chi connectivity index (χ0) is 12.9. The molecule has 90 valence electrons. The van der Waals surface area contributed by atoms with E-state index in [0.717, 1.165) is 5.57 Å². The first-order chi connectivity index (χ1) is 8.06. The molecule has 17 heavy (non-hydrogen) atoms. The van der Waals surface area contributed by atoms with E-state index in [-0.39, 0.29) is 5.75 Å². The number of benzene rings is 1. The maximum Gasteiger partial charge on any atom is 0.120 e. The zero-order valence-electron chi connectivity index (χ0n) is 10.0. The van der Waals surface area contributed by atoms with Crippen LogP contribution in [0, 0.1) is 0 Å². The highest BCUT2D eigenvalue weighted by Crippen LogP contribution is 2.36. The first kappa shape index (κ1) is 13.3. The first-order valence-corrected chi connectivity index (χ1v) is 5.53. The SMILES string of the molecule is C=CCC(=C)C(N)(CC=C)c1ccccc1O. The van der Waals surface area contributed by atoms with Gasteiger partial charge in [0, 0.05) is 5.56 Å². The van der Waals surface area contributed by atoms with Crippen molar-refractivity contribution in [1.82, 2.24) is 0 Å². The Labute approximate surface area is 103 Å². The van der Waals surface area contributed by atoms with Crippen LogP contribution in [0.1, 0.15) is 18.4 Å². The third-order valence-electron chi connectivity index (χ3n) is 2.87. The van der Waals surface area contributed by atoms with Crippen LogP contribution in [0.25, 0.3) is 0 Å². The van der Waals surface area contributed by atoms with Gasteiger partial charge in [-0.2, -0.15) is 0 Å². The van der Waals surface area contributed by atoms with Crippen molar-refractivity contribution in [3.05, 3.63) is 67.3 Å². The number of hydrogen-bond donors (Lipinski definition) is 2. The summed E-state index contributed by atoms with van der Waals surface area (Å²) in [6.07, 6.45) is 4.63. The fourth-order valence-corrected chi connectivity index (χ4v) is 1.88. The minimum atomic E-state index is -0.790. The third kappa shape index (κ3) is 2.66. The van der Waals surface area contributed by atoms with E-state index >= 15 is 0 Å². The molecule has 0 heterocycles. The van der Waals surface area contributed by atoms with Crippen LogP contribution in [0.2, 0.25) is 0 Å². The molecule has 0 aliphatic rings. The largest absolute Gasteiger partial charge is 0.508 e. The van der Waals surface area contributed by atoms with E-state index < -0.39 is 5.54 Å². The van der Waals surface area contributed by atoms with Gasteiger partial charge in [-0.15, -0.1) is 13.2 Å². The molecule has 0 bridgehead atoms. The lowest BCUT2D eigenvalue weighted by Crippen LogP contribution is -2.38. The van der Waals surface area contributed by atoms with Crippen molar-refractivity contribution < 1.29 is 5.11 Å². The van der Waals surface area contributed by atoms with Crippen LogP contribution >= 0.6 is 0 Å². The fourth-order valence-electron chi connectivity index (χ4n) is 1.88. The van der Waals surface area contributed by atoms with Crippen molar-refractivity contribution in [3.63, 3.8) is 0 Å². The van der Waals surface area contributed by atoms with Gasteiger partial charge in [-0.25, -0.2) is 0 Å². The second-order valence-electron chi connectivity index (χ2n) is 4.08. The molecule has 0 saturated carbocycles. The molecule has 0 aliphatic carbocycles. The summed E-state index contributed by atoms with van der Waals surface area (Å²) in [7, 11) is 0. The molecule has 0 amide bonds. The summed E-state index contributed by atoms with van der Waals surface area (Å²) in [5.41, 5.74) is 7.08. The van der Waals surface area contributed by atoms with E-state index in [1.54, 1.807) is 24.3 Å². The van der Waals surface area contributed by atoms with Crippen molar-refractivity contribution >= 4 is 0 Å². The lowest BCUT2D eigenvalue weighted by atomic mass is 9.79. The van der Waals surface area contributed by atoms with Crippen LogP contribution in [0.5, 0.6) is 5.75 Å². The van der Waals surface area contributed by atoms with Crippen molar-refractivity contribution in [2.75, 3.05) is 0 Å². The number of nitrogens with two attached hydrogens (primary N) is 1. The van der Waals surface area contributed by atoms with E-state index in [1.165, 1.54) is 0 Å². The second kappa shape index (κ2) is 5.51. The summed E-state index contributed by atoms with van der Waals surface area (Å²) < 4.78 is 0. The van der Waals surface area contributed by atoms with Gasteiger partial charge in [0.2, 0.25) is 0 Å². The van der Waals surface area contributed by atoms with Gasteiger partial charge in [-0.1, -0.05) is 36.9 Å². The number of phenolic OH excluding ortho intramolecular Hbond substituents is 1. The maximum atomic E-state index is 9.91. The lowest BCUT2D eigenvalue weighted by molar-refractivity contribution is 0.435. The number of aromatic hydroxyl groups is 1. The van der Waals surface area contributed by atoms with Crippen molar-refractivity contribution in [2.45, 2.75) is 18.4 Å². The van der Waals surface area contributed by atoms with Crippen LogP contribution in [0.3, 0.4) is 0 Å². The molecule has 0 aliphatic heterocycles. The molecule has 2 nitrogen and oxygen atoms in total. The standard InChI is InChI=1S/C15H19NO/c1-4-8-12(3)15(16,11-5-2)13-9-6-7-10-14(13)17/h4-7,9-10,17H,1-3,8,11,16H2. The van der Waals surface area contributed by atoms with Gasteiger partial charge < -0.3 is 10.8 Å². The Balaban J connectivity index is 3.24. The Morgan fingerprint density at radius 2 is 1.94 bits per heavy atom. The Morgan fingerprint density at radius 3 is 2.47 bits per heavy atom. The number of hydrogen-bond acceptors (Lipinski definition) is 2. The Hall–Kier alpha value is -1.80. The summed E-state index contributed by atoms with van der Waals surface area (Å²) in [5, 5.41) is 9.91. The highest BCUT2D eigenvalue weighted by Gasteiger charge is 2.30. The smallest absolute Gasteiger partial charge is 0.120 e. The zero-order valence-corrected chi connectivity index (χ0v) is 10.0. The molecule has 1 rings (SSSR count). The maximum absolute atomic E-state index is 9.91.